The van der Waals surface area contributed by atoms with Crippen LogP contribution in [0.5, 0.6) is 0 Å². The molecule has 2 rings (SSSR count). The molecule has 1 aliphatic heterocycles. The van der Waals surface area contributed by atoms with E-state index in [0.29, 0.717) is 11.6 Å². The van der Waals surface area contributed by atoms with E-state index in [9.17, 15) is 4.39 Å². The Hall–Kier alpha value is -0.930. The van der Waals surface area contributed by atoms with Crippen molar-refractivity contribution in [2.24, 2.45) is 0 Å². The van der Waals surface area contributed by atoms with Gasteiger partial charge in [-0.1, -0.05) is 12.1 Å². The minimum absolute atomic E-state index is 0.154. The summed E-state index contributed by atoms with van der Waals surface area (Å²) in [6, 6.07) is 7.42. The monoisotopic (exact) mass is 264 g/mol. The molecular formula is C16H25FN2. The summed E-state index contributed by atoms with van der Waals surface area (Å²) in [7, 11) is 2.05. The smallest absolute Gasteiger partial charge is 0.123 e. The van der Waals surface area contributed by atoms with Gasteiger partial charge < -0.3 is 10.2 Å². The third-order valence-electron chi connectivity index (χ3n) is 4.57. The van der Waals surface area contributed by atoms with E-state index >= 15 is 0 Å². The Balaban J connectivity index is 1.87. The number of nitrogens with one attached hydrogen (secondary N) is 1. The molecule has 1 aliphatic rings. The topological polar surface area (TPSA) is 15.3 Å². The standard InChI is InChI=1S/C16H25FN2/c1-13(12-14-4-6-15(17)7-5-14)19-10-8-16(2,18-3)9-11-19/h4-7,13,18H,8-12H2,1-3H3. The lowest BCUT2D eigenvalue weighted by atomic mass is 9.89. The zero-order chi connectivity index (χ0) is 13.9. The molecule has 1 heterocycles. The molecule has 0 amide bonds. The first-order valence-corrected chi connectivity index (χ1v) is 7.20. The molecule has 106 valence electrons. The van der Waals surface area contributed by atoms with Crippen LogP contribution in [0.25, 0.3) is 0 Å². The fourth-order valence-electron chi connectivity index (χ4n) is 2.80. The van der Waals surface area contributed by atoms with Crippen molar-refractivity contribution in [2.45, 2.75) is 44.7 Å². The summed E-state index contributed by atoms with van der Waals surface area (Å²) >= 11 is 0. The van der Waals surface area contributed by atoms with Crippen molar-refractivity contribution in [1.82, 2.24) is 10.2 Å². The van der Waals surface area contributed by atoms with Gasteiger partial charge in [-0.15, -0.1) is 0 Å². The Labute approximate surface area is 116 Å². The summed E-state index contributed by atoms with van der Waals surface area (Å²) < 4.78 is 12.9. The van der Waals surface area contributed by atoms with Gasteiger partial charge in [0.05, 0.1) is 0 Å². The lowest BCUT2D eigenvalue weighted by Crippen LogP contribution is -2.52. The average Bonchev–Trinajstić information content (AvgIpc) is 2.42. The van der Waals surface area contributed by atoms with Crippen LogP contribution >= 0.6 is 0 Å². The van der Waals surface area contributed by atoms with Gasteiger partial charge in [0.1, 0.15) is 5.82 Å². The zero-order valence-corrected chi connectivity index (χ0v) is 12.2. The fraction of sp³-hybridized carbons (Fsp3) is 0.625. The van der Waals surface area contributed by atoms with Crippen molar-refractivity contribution >= 4 is 0 Å². The van der Waals surface area contributed by atoms with Gasteiger partial charge in [0.25, 0.3) is 0 Å². The first-order chi connectivity index (χ1) is 9.02. The van der Waals surface area contributed by atoms with E-state index in [1.165, 1.54) is 18.4 Å². The fourth-order valence-corrected chi connectivity index (χ4v) is 2.80. The summed E-state index contributed by atoms with van der Waals surface area (Å²) in [6.45, 7) is 6.85. The second-order valence-electron chi connectivity index (χ2n) is 6.03. The van der Waals surface area contributed by atoms with Crippen LogP contribution in [0.3, 0.4) is 0 Å². The molecule has 1 fully saturated rings. The van der Waals surface area contributed by atoms with E-state index in [4.69, 9.17) is 0 Å². The normalized spacial score (nSPS) is 21.3. The molecule has 3 heteroatoms. The van der Waals surface area contributed by atoms with E-state index in [2.05, 4.69) is 31.1 Å². The van der Waals surface area contributed by atoms with E-state index < -0.39 is 0 Å². The molecule has 0 aromatic heterocycles. The summed E-state index contributed by atoms with van der Waals surface area (Å²) in [6.07, 6.45) is 3.38. The van der Waals surface area contributed by atoms with Gasteiger partial charge in [-0.3, -0.25) is 0 Å². The highest BCUT2D eigenvalue weighted by Crippen LogP contribution is 2.23. The zero-order valence-electron chi connectivity index (χ0n) is 12.2. The molecule has 19 heavy (non-hydrogen) atoms. The van der Waals surface area contributed by atoms with E-state index in [1.54, 1.807) is 12.1 Å². The van der Waals surface area contributed by atoms with Gasteiger partial charge in [-0.2, -0.15) is 0 Å². The Morgan fingerprint density at radius 3 is 2.37 bits per heavy atom. The minimum atomic E-state index is -0.154. The molecule has 0 radical (unpaired) electrons. The van der Waals surface area contributed by atoms with Crippen LogP contribution in [0.15, 0.2) is 24.3 Å². The number of benzene rings is 1. The number of piperidine rings is 1. The van der Waals surface area contributed by atoms with Gasteiger partial charge in [0.15, 0.2) is 0 Å². The van der Waals surface area contributed by atoms with Gasteiger partial charge in [-0.05, 0) is 57.9 Å². The second-order valence-corrected chi connectivity index (χ2v) is 6.03. The highest BCUT2D eigenvalue weighted by atomic mass is 19.1. The Morgan fingerprint density at radius 1 is 1.26 bits per heavy atom. The minimum Gasteiger partial charge on any atom is -0.314 e. The molecular weight excluding hydrogens is 239 g/mol. The maximum absolute atomic E-state index is 12.9. The van der Waals surface area contributed by atoms with Crippen molar-refractivity contribution in [1.29, 1.82) is 0 Å². The van der Waals surface area contributed by atoms with E-state index in [0.717, 1.165) is 19.5 Å². The highest BCUT2D eigenvalue weighted by molar-refractivity contribution is 5.17. The number of rotatable bonds is 4. The van der Waals surface area contributed by atoms with Gasteiger partial charge in [-0.25, -0.2) is 4.39 Å². The van der Waals surface area contributed by atoms with Crippen LogP contribution in [-0.2, 0) is 6.42 Å². The van der Waals surface area contributed by atoms with Crippen LogP contribution in [0.2, 0.25) is 0 Å². The molecule has 0 aliphatic carbocycles. The molecule has 0 bridgehead atoms. The van der Waals surface area contributed by atoms with Crippen LogP contribution in [0.4, 0.5) is 4.39 Å². The Kier molecular flexibility index (Phi) is 4.58. The third kappa shape index (κ3) is 3.77. The van der Waals surface area contributed by atoms with Crippen molar-refractivity contribution < 1.29 is 4.39 Å². The quantitative estimate of drug-likeness (QED) is 0.899. The molecule has 0 saturated carbocycles. The maximum Gasteiger partial charge on any atom is 0.123 e. The van der Waals surface area contributed by atoms with Crippen molar-refractivity contribution in [3.8, 4) is 0 Å². The lowest BCUT2D eigenvalue weighted by Gasteiger charge is -2.41. The number of hydrogen-bond acceptors (Lipinski definition) is 2. The van der Waals surface area contributed by atoms with Crippen LogP contribution in [0.1, 0.15) is 32.3 Å². The highest BCUT2D eigenvalue weighted by Gasteiger charge is 2.29. The first kappa shape index (κ1) is 14.5. The van der Waals surface area contributed by atoms with Crippen molar-refractivity contribution in [3.63, 3.8) is 0 Å². The molecule has 1 aromatic carbocycles. The molecule has 1 atom stereocenters. The third-order valence-corrected chi connectivity index (χ3v) is 4.57. The summed E-state index contributed by atoms with van der Waals surface area (Å²) in [4.78, 5) is 2.54. The molecule has 0 spiro atoms. The summed E-state index contributed by atoms with van der Waals surface area (Å²) in [5.41, 5.74) is 1.52. The first-order valence-electron chi connectivity index (χ1n) is 7.20. The van der Waals surface area contributed by atoms with Crippen LogP contribution < -0.4 is 5.32 Å². The number of halogens is 1. The van der Waals surface area contributed by atoms with Crippen LogP contribution in [0, 0.1) is 5.82 Å². The maximum atomic E-state index is 12.9. The Bertz CT molecular complexity index is 394. The average molecular weight is 264 g/mol. The number of hydrogen-bond donors (Lipinski definition) is 1. The summed E-state index contributed by atoms with van der Waals surface area (Å²) in [5.74, 6) is -0.154. The van der Waals surface area contributed by atoms with Crippen molar-refractivity contribution in [3.05, 3.63) is 35.6 Å². The van der Waals surface area contributed by atoms with Gasteiger partial charge in [0, 0.05) is 24.7 Å². The molecule has 1 saturated heterocycles. The predicted molar refractivity (Wildman–Crippen MR) is 77.8 cm³/mol. The molecule has 1 N–H and O–H groups in total. The van der Waals surface area contributed by atoms with E-state index in [1.807, 2.05) is 12.1 Å². The lowest BCUT2D eigenvalue weighted by molar-refractivity contribution is 0.117. The largest absolute Gasteiger partial charge is 0.314 e. The van der Waals surface area contributed by atoms with Gasteiger partial charge in [0.2, 0.25) is 0 Å². The second kappa shape index (κ2) is 6.02. The SMILES string of the molecule is CNC1(C)CCN(C(C)Cc2ccc(F)cc2)CC1. The number of likely N-dealkylation sites (tertiary alicyclic amines) is 1. The van der Waals surface area contributed by atoms with Crippen molar-refractivity contribution in [2.75, 3.05) is 20.1 Å². The number of nitrogens with zero attached hydrogens (tertiary/aromatic N) is 1. The molecule has 1 aromatic rings. The summed E-state index contributed by atoms with van der Waals surface area (Å²) in [5, 5.41) is 3.43. The van der Waals surface area contributed by atoms with E-state index in [-0.39, 0.29) is 5.82 Å². The van der Waals surface area contributed by atoms with Crippen LogP contribution in [-0.4, -0.2) is 36.6 Å². The van der Waals surface area contributed by atoms with Gasteiger partial charge >= 0.3 is 0 Å². The Morgan fingerprint density at radius 2 is 1.84 bits per heavy atom. The predicted octanol–water partition coefficient (Wildman–Crippen LogP) is 2.83. The molecule has 1 unspecified atom stereocenters. The molecule has 2 nitrogen and oxygen atoms in total.